The van der Waals surface area contributed by atoms with Crippen LogP contribution in [0, 0.1) is 5.92 Å². The molecule has 0 saturated carbocycles. The smallest absolute Gasteiger partial charge is 0.0844 e. The van der Waals surface area contributed by atoms with Crippen LogP contribution in [-0.2, 0) is 0 Å². The highest BCUT2D eigenvalue weighted by molar-refractivity contribution is 6.33. The summed E-state index contributed by atoms with van der Waals surface area (Å²) in [4.78, 5) is 15.7. The van der Waals surface area contributed by atoms with Gasteiger partial charge in [-0.15, -0.1) is 0 Å². The molecule has 0 radical (unpaired) electrons. The van der Waals surface area contributed by atoms with Gasteiger partial charge in [0.15, 0.2) is 0 Å². The molecule has 4 heterocycles. The van der Waals surface area contributed by atoms with Crippen LogP contribution < -0.4 is 4.90 Å². The van der Waals surface area contributed by atoms with Crippen molar-refractivity contribution >= 4 is 23.0 Å². The Morgan fingerprint density at radius 1 is 1.12 bits per heavy atom. The van der Waals surface area contributed by atoms with E-state index in [1.807, 2.05) is 30.5 Å². The van der Waals surface area contributed by atoms with Crippen molar-refractivity contribution in [3.8, 4) is 0 Å². The van der Waals surface area contributed by atoms with Crippen LogP contribution in [0.15, 0.2) is 59.7 Å². The van der Waals surface area contributed by atoms with Gasteiger partial charge in [-0.05, 0) is 43.9 Å². The molecular formula is C19H19ClN4. The lowest BCUT2D eigenvalue weighted by Gasteiger charge is -2.30. The summed E-state index contributed by atoms with van der Waals surface area (Å²) in [7, 11) is 0. The van der Waals surface area contributed by atoms with Crippen molar-refractivity contribution in [3.63, 3.8) is 0 Å². The average Bonchev–Trinajstić information content (AvgIpc) is 2.84. The number of nitrogens with zero attached hydrogens (tertiary/aromatic N) is 4. The van der Waals surface area contributed by atoms with E-state index in [2.05, 4.69) is 21.1 Å². The normalized spacial score (nSPS) is 20.7. The van der Waals surface area contributed by atoms with Gasteiger partial charge in [-0.3, -0.25) is 15.0 Å². The number of allylic oxidation sites excluding steroid dienone is 1. The third-order valence-electron chi connectivity index (χ3n) is 4.68. The molecule has 0 amide bonds. The molecule has 0 saturated heterocycles. The summed E-state index contributed by atoms with van der Waals surface area (Å²) in [6.45, 7) is 0.965. The Hall–Kier alpha value is -2.20. The van der Waals surface area contributed by atoms with E-state index in [-0.39, 0.29) is 0 Å². The topological polar surface area (TPSA) is 41.4 Å². The van der Waals surface area contributed by atoms with Crippen molar-refractivity contribution in [2.24, 2.45) is 10.9 Å². The second-order valence-corrected chi connectivity index (χ2v) is 6.63. The lowest BCUT2D eigenvalue weighted by molar-refractivity contribution is 0.493. The molecule has 2 aromatic rings. The molecule has 0 aromatic carbocycles. The molecule has 4 rings (SSSR count). The Morgan fingerprint density at radius 2 is 2.08 bits per heavy atom. The molecule has 0 aliphatic carbocycles. The maximum Gasteiger partial charge on any atom is 0.0844 e. The maximum absolute atomic E-state index is 6.31. The van der Waals surface area contributed by atoms with Crippen LogP contribution in [0.4, 0.5) is 5.69 Å². The molecule has 2 aromatic heterocycles. The zero-order chi connectivity index (χ0) is 16.4. The third kappa shape index (κ3) is 3.06. The van der Waals surface area contributed by atoms with E-state index < -0.39 is 0 Å². The molecule has 0 N–H and O–H groups in total. The Kier molecular flexibility index (Phi) is 4.30. The Balaban J connectivity index is 1.70. The lowest BCUT2D eigenvalue weighted by Crippen LogP contribution is -2.27. The van der Waals surface area contributed by atoms with Crippen LogP contribution in [0.2, 0.25) is 5.02 Å². The van der Waals surface area contributed by atoms with Crippen molar-refractivity contribution in [2.45, 2.75) is 25.7 Å². The quantitative estimate of drug-likeness (QED) is 0.811. The molecule has 0 bridgehead atoms. The van der Waals surface area contributed by atoms with Gasteiger partial charge in [0.2, 0.25) is 0 Å². The van der Waals surface area contributed by atoms with Crippen LogP contribution in [0.25, 0.3) is 0 Å². The van der Waals surface area contributed by atoms with E-state index in [9.17, 15) is 0 Å². The van der Waals surface area contributed by atoms with Gasteiger partial charge in [-0.1, -0.05) is 17.7 Å². The number of aliphatic imine (C=N–C) groups is 1. The molecule has 4 nitrogen and oxygen atoms in total. The molecule has 0 spiro atoms. The van der Waals surface area contributed by atoms with Gasteiger partial charge in [0.05, 0.1) is 27.8 Å². The SMILES string of the molecule is Clc1cnccc1N1C=C2N=C(c3ccccn3)CCCC2CC1. The predicted molar refractivity (Wildman–Crippen MR) is 97.4 cm³/mol. The molecule has 122 valence electrons. The maximum atomic E-state index is 6.31. The van der Waals surface area contributed by atoms with E-state index in [0.717, 1.165) is 48.6 Å². The minimum atomic E-state index is 0.531. The van der Waals surface area contributed by atoms with Gasteiger partial charge >= 0.3 is 0 Å². The number of rotatable bonds is 2. The molecule has 5 heteroatoms. The summed E-state index contributed by atoms with van der Waals surface area (Å²) < 4.78 is 0. The molecular weight excluding hydrogens is 320 g/mol. The summed E-state index contributed by atoms with van der Waals surface area (Å²) >= 11 is 6.31. The van der Waals surface area contributed by atoms with E-state index in [1.54, 1.807) is 12.4 Å². The van der Waals surface area contributed by atoms with Crippen LogP contribution in [0.1, 0.15) is 31.4 Å². The molecule has 24 heavy (non-hydrogen) atoms. The molecule has 1 unspecified atom stereocenters. The molecule has 0 fully saturated rings. The summed E-state index contributed by atoms with van der Waals surface area (Å²) in [5.74, 6) is 0.531. The van der Waals surface area contributed by atoms with Crippen LogP contribution in [0.5, 0.6) is 0 Å². The Morgan fingerprint density at radius 3 is 2.92 bits per heavy atom. The standard InChI is InChI=1S/C19H19ClN4/c20-15-12-21-10-7-19(15)24-11-8-14-4-3-6-17(23-18(14)13-24)16-5-1-2-9-22-16/h1-2,5,7,9-10,12-14H,3-4,6,8,11H2. The Bertz CT molecular complexity index is 785. The number of pyridine rings is 2. The largest absolute Gasteiger partial charge is 0.345 e. The van der Waals surface area contributed by atoms with E-state index >= 15 is 0 Å². The second-order valence-electron chi connectivity index (χ2n) is 6.23. The summed E-state index contributed by atoms with van der Waals surface area (Å²) in [5, 5.41) is 0.676. The first-order valence-electron chi connectivity index (χ1n) is 8.38. The number of anilines is 1. The lowest BCUT2D eigenvalue weighted by atomic mass is 9.93. The minimum Gasteiger partial charge on any atom is -0.345 e. The van der Waals surface area contributed by atoms with Gasteiger partial charge in [0.25, 0.3) is 0 Å². The summed E-state index contributed by atoms with van der Waals surface area (Å²) in [6, 6.07) is 7.96. The van der Waals surface area contributed by atoms with Crippen LogP contribution in [-0.4, -0.2) is 22.2 Å². The van der Waals surface area contributed by atoms with Gasteiger partial charge in [0.1, 0.15) is 0 Å². The number of halogens is 1. The fourth-order valence-electron chi connectivity index (χ4n) is 3.42. The Labute approximate surface area is 146 Å². The number of hydrogen-bond donors (Lipinski definition) is 0. The predicted octanol–water partition coefficient (Wildman–Crippen LogP) is 4.47. The number of hydrogen-bond acceptors (Lipinski definition) is 4. The summed E-state index contributed by atoms with van der Waals surface area (Å²) in [6.07, 6.45) is 11.9. The molecule has 1 atom stereocenters. The first kappa shape index (κ1) is 15.3. The van der Waals surface area contributed by atoms with Crippen molar-refractivity contribution < 1.29 is 0 Å². The van der Waals surface area contributed by atoms with E-state index in [1.165, 1.54) is 6.42 Å². The van der Waals surface area contributed by atoms with Gasteiger partial charge in [0, 0.05) is 37.3 Å². The highest BCUT2D eigenvalue weighted by Crippen LogP contribution is 2.35. The van der Waals surface area contributed by atoms with Crippen molar-refractivity contribution in [1.29, 1.82) is 0 Å². The van der Waals surface area contributed by atoms with Crippen LogP contribution in [0.3, 0.4) is 0 Å². The number of fused-ring (bicyclic) bond motifs is 1. The fourth-order valence-corrected chi connectivity index (χ4v) is 3.65. The van der Waals surface area contributed by atoms with Crippen LogP contribution >= 0.6 is 11.6 Å². The zero-order valence-electron chi connectivity index (χ0n) is 13.4. The first-order chi connectivity index (χ1) is 11.8. The average molecular weight is 339 g/mol. The monoisotopic (exact) mass is 338 g/mol. The van der Waals surface area contributed by atoms with Gasteiger partial charge < -0.3 is 4.90 Å². The first-order valence-corrected chi connectivity index (χ1v) is 8.76. The summed E-state index contributed by atoms with van der Waals surface area (Å²) in [5.41, 5.74) is 4.22. The van der Waals surface area contributed by atoms with Gasteiger partial charge in [-0.25, -0.2) is 0 Å². The van der Waals surface area contributed by atoms with Crippen molar-refractivity contribution in [2.75, 3.05) is 11.4 Å². The highest BCUT2D eigenvalue weighted by Gasteiger charge is 2.25. The van der Waals surface area contributed by atoms with Crippen molar-refractivity contribution in [3.05, 3.63) is 65.5 Å². The zero-order valence-corrected chi connectivity index (χ0v) is 14.2. The number of aromatic nitrogens is 2. The third-order valence-corrected chi connectivity index (χ3v) is 4.97. The van der Waals surface area contributed by atoms with Crippen molar-refractivity contribution in [1.82, 2.24) is 9.97 Å². The molecule has 2 aliphatic rings. The van der Waals surface area contributed by atoms with E-state index in [4.69, 9.17) is 16.6 Å². The highest BCUT2D eigenvalue weighted by atomic mass is 35.5. The van der Waals surface area contributed by atoms with E-state index in [0.29, 0.717) is 10.9 Å². The fraction of sp³-hybridized carbons (Fsp3) is 0.316. The second kappa shape index (κ2) is 6.73. The molecule has 2 aliphatic heterocycles. The van der Waals surface area contributed by atoms with Gasteiger partial charge in [-0.2, -0.15) is 0 Å². The minimum absolute atomic E-state index is 0.531.